The lowest BCUT2D eigenvalue weighted by molar-refractivity contribution is 0.00721. The van der Waals surface area contributed by atoms with Crippen LogP contribution in [0.25, 0.3) is 0 Å². The molecule has 16 heavy (non-hydrogen) atoms. The summed E-state index contributed by atoms with van der Waals surface area (Å²) in [6, 6.07) is 0. The molecule has 2 atom stereocenters. The van der Waals surface area contributed by atoms with Crippen LogP contribution >= 0.6 is 0 Å². The lowest BCUT2D eigenvalue weighted by Crippen LogP contribution is -2.40. The van der Waals surface area contributed by atoms with Crippen molar-refractivity contribution in [3.05, 3.63) is 0 Å². The molecule has 1 N–H and O–H groups in total. The Labute approximate surface area is 100 Å². The zero-order chi connectivity index (χ0) is 11.8. The zero-order valence-electron chi connectivity index (χ0n) is 11.1. The van der Waals surface area contributed by atoms with Crippen LogP contribution in [0.2, 0.25) is 0 Å². The molecule has 2 saturated carbocycles. The summed E-state index contributed by atoms with van der Waals surface area (Å²) in [7, 11) is 2.21. The second kappa shape index (κ2) is 4.66. The zero-order valence-corrected chi connectivity index (χ0v) is 11.1. The Morgan fingerprint density at radius 2 is 1.88 bits per heavy atom. The molecule has 2 aliphatic rings. The van der Waals surface area contributed by atoms with Gasteiger partial charge in [0.25, 0.3) is 0 Å². The van der Waals surface area contributed by atoms with Crippen molar-refractivity contribution < 1.29 is 5.11 Å². The highest BCUT2D eigenvalue weighted by molar-refractivity contribution is 4.87. The fourth-order valence-electron chi connectivity index (χ4n) is 3.12. The molecular formula is C14H27NO. The smallest absolute Gasteiger partial charge is 0.0581 e. The highest BCUT2D eigenvalue weighted by atomic mass is 16.3. The molecule has 0 bridgehead atoms. The highest BCUT2D eigenvalue weighted by Crippen LogP contribution is 2.39. The Morgan fingerprint density at radius 1 is 1.19 bits per heavy atom. The van der Waals surface area contributed by atoms with Gasteiger partial charge >= 0.3 is 0 Å². The van der Waals surface area contributed by atoms with Gasteiger partial charge in [-0.15, -0.1) is 0 Å². The third-order valence-electron chi connectivity index (χ3n) is 4.29. The summed E-state index contributed by atoms with van der Waals surface area (Å²) in [6.45, 7) is 7.00. The Kier molecular flexibility index (Phi) is 3.60. The number of hydrogen-bond donors (Lipinski definition) is 1. The predicted octanol–water partition coefficient (Wildman–Crippen LogP) is 2.52. The summed E-state index contributed by atoms with van der Waals surface area (Å²) in [5, 5.41) is 10.1. The summed E-state index contributed by atoms with van der Waals surface area (Å²) in [5.41, 5.74) is 0.435. The molecule has 0 aromatic carbocycles. The Bertz CT molecular complexity index is 235. The van der Waals surface area contributed by atoms with Crippen LogP contribution in [0.15, 0.2) is 0 Å². The lowest BCUT2D eigenvalue weighted by atomic mass is 9.71. The molecule has 2 unspecified atom stereocenters. The van der Waals surface area contributed by atoms with Crippen molar-refractivity contribution in [1.29, 1.82) is 0 Å². The number of nitrogens with zero attached hydrogens (tertiary/aromatic N) is 1. The number of aliphatic hydroxyl groups excluding tert-OH is 1. The standard InChI is InChI=1S/C14H27NO/c1-14(2)7-6-13(16)12(8-14)10-15(3)9-11-4-5-11/h11-13,16H,4-10H2,1-3H3. The molecule has 2 aliphatic carbocycles. The molecule has 2 rings (SSSR count). The van der Waals surface area contributed by atoms with Crippen LogP contribution in [0.3, 0.4) is 0 Å². The summed E-state index contributed by atoms with van der Waals surface area (Å²) in [6.07, 6.45) is 6.14. The highest BCUT2D eigenvalue weighted by Gasteiger charge is 2.34. The van der Waals surface area contributed by atoms with Crippen molar-refractivity contribution >= 4 is 0 Å². The molecule has 0 radical (unpaired) electrons. The minimum atomic E-state index is -0.0605. The van der Waals surface area contributed by atoms with Crippen LogP contribution in [0.4, 0.5) is 0 Å². The maximum atomic E-state index is 10.1. The van der Waals surface area contributed by atoms with Crippen LogP contribution in [-0.2, 0) is 0 Å². The van der Waals surface area contributed by atoms with Crippen molar-refractivity contribution in [2.75, 3.05) is 20.1 Å². The topological polar surface area (TPSA) is 23.5 Å². The Morgan fingerprint density at radius 3 is 2.50 bits per heavy atom. The van der Waals surface area contributed by atoms with Crippen LogP contribution in [0.1, 0.15) is 46.0 Å². The molecule has 0 amide bonds. The fourth-order valence-corrected chi connectivity index (χ4v) is 3.12. The van der Waals surface area contributed by atoms with E-state index in [4.69, 9.17) is 0 Å². The van der Waals surface area contributed by atoms with Gasteiger partial charge in [0.1, 0.15) is 0 Å². The van der Waals surface area contributed by atoms with Crippen molar-refractivity contribution in [3.63, 3.8) is 0 Å². The van der Waals surface area contributed by atoms with Gasteiger partial charge in [0, 0.05) is 13.1 Å². The molecule has 0 aromatic heterocycles. The van der Waals surface area contributed by atoms with Gasteiger partial charge in [-0.05, 0) is 56.4 Å². The molecule has 2 heteroatoms. The van der Waals surface area contributed by atoms with Crippen molar-refractivity contribution in [2.45, 2.75) is 52.1 Å². The van der Waals surface area contributed by atoms with Crippen molar-refractivity contribution in [3.8, 4) is 0 Å². The van der Waals surface area contributed by atoms with Crippen LogP contribution in [-0.4, -0.2) is 36.2 Å². The van der Waals surface area contributed by atoms with E-state index in [9.17, 15) is 5.11 Å². The Balaban J connectivity index is 1.81. The summed E-state index contributed by atoms with van der Waals surface area (Å²) in [4.78, 5) is 2.44. The van der Waals surface area contributed by atoms with Crippen LogP contribution in [0.5, 0.6) is 0 Å². The molecule has 2 fully saturated rings. The van der Waals surface area contributed by atoms with E-state index in [2.05, 4.69) is 25.8 Å². The molecule has 2 nitrogen and oxygen atoms in total. The summed E-state index contributed by atoms with van der Waals surface area (Å²) >= 11 is 0. The first-order chi connectivity index (χ1) is 7.46. The van der Waals surface area contributed by atoms with Crippen molar-refractivity contribution in [2.24, 2.45) is 17.3 Å². The van der Waals surface area contributed by atoms with Crippen LogP contribution in [0, 0.1) is 17.3 Å². The first-order valence-electron chi connectivity index (χ1n) is 6.83. The van der Waals surface area contributed by atoms with E-state index in [0.29, 0.717) is 11.3 Å². The molecular weight excluding hydrogens is 198 g/mol. The van der Waals surface area contributed by atoms with E-state index >= 15 is 0 Å². The minimum absolute atomic E-state index is 0.0605. The van der Waals surface area contributed by atoms with E-state index in [-0.39, 0.29) is 6.10 Å². The molecule has 0 saturated heterocycles. The average Bonchev–Trinajstić information content (AvgIpc) is 2.95. The second-order valence-electron chi connectivity index (χ2n) is 6.90. The SMILES string of the molecule is CN(CC1CC1)CC1CC(C)(C)CCC1O. The molecule has 94 valence electrons. The third kappa shape index (κ3) is 3.46. The normalized spacial score (nSPS) is 34.3. The van der Waals surface area contributed by atoms with E-state index in [0.717, 1.165) is 18.9 Å². The van der Waals surface area contributed by atoms with Gasteiger partial charge in [0.15, 0.2) is 0 Å². The molecule has 0 spiro atoms. The minimum Gasteiger partial charge on any atom is -0.393 e. The number of aliphatic hydroxyl groups is 1. The average molecular weight is 225 g/mol. The first-order valence-corrected chi connectivity index (χ1v) is 6.83. The predicted molar refractivity (Wildman–Crippen MR) is 67.3 cm³/mol. The molecule has 0 aromatic rings. The number of rotatable bonds is 4. The third-order valence-corrected chi connectivity index (χ3v) is 4.29. The molecule has 0 aliphatic heterocycles. The summed E-state index contributed by atoms with van der Waals surface area (Å²) < 4.78 is 0. The van der Waals surface area contributed by atoms with Gasteiger partial charge in [-0.3, -0.25) is 0 Å². The monoisotopic (exact) mass is 225 g/mol. The van der Waals surface area contributed by atoms with Gasteiger partial charge in [-0.1, -0.05) is 13.8 Å². The van der Waals surface area contributed by atoms with Crippen LogP contribution < -0.4 is 0 Å². The van der Waals surface area contributed by atoms with E-state index in [1.54, 1.807) is 0 Å². The second-order valence-corrected chi connectivity index (χ2v) is 6.90. The van der Waals surface area contributed by atoms with E-state index in [1.165, 1.54) is 32.2 Å². The maximum absolute atomic E-state index is 10.1. The largest absolute Gasteiger partial charge is 0.393 e. The van der Waals surface area contributed by atoms with Gasteiger partial charge in [0.05, 0.1) is 6.10 Å². The molecule has 0 heterocycles. The van der Waals surface area contributed by atoms with Gasteiger partial charge in [-0.25, -0.2) is 0 Å². The van der Waals surface area contributed by atoms with Gasteiger partial charge in [-0.2, -0.15) is 0 Å². The van der Waals surface area contributed by atoms with Gasteiger partial charge in [0.2, 0.25) is 0 Å². The first kappa shape index (κ1) is 12.4. The summed E-state index contributed by atoms with van der Waals surface area (Å²) in [5.74, 6) is 1.45. The fraction of sp³-hybridized carbons (Fsp3) is 1.00. The lowest BCUT2D eigenvalue weighted by Gasteiger charge is -2.40. The number of hydrogen-bond acceptors (Lipinski definition) is 2. The van der Waals surface area contributed by atoms with Gasteiger partial charge < -0.3 is 10.0 Å². The van der Waals surface area contributed by atoms with Crippen molar-refractivity contribution in [1.82, 2.24) is 4.90 Å². The Hall–Kier alpha value is -0.0800. The van der Waals surface area contributed by atoms with E-state index in [1.807, 2.05) is 0 Å². The van der Waals surface area contributed by atoms with E-state index < -0.39 is 0 Å². The maximum Gasteiger partial charge on any atom is 0.0581 e. The quantitative estimate of drug-likeness (QED) is 0.794.